The minimum absolute atomic E-state index is 0.0272. The predicted octanol–water partition coefficient (Wildman–Crippen LogP) is 1.77. The number of carbonyl (C=O) groups is 1. The topological polar surface area (TPSA) is 125 Å². The fourth-order valence-electron chi connectivity index (χ4n) is 3.07. The summed E-state index contributed by atoms with van der Waals surface area (Å²) in [7, 11) is -3.64. The van der Waals surface area contributed by atoms with Gasteiger partial charge < -0.3 is 4.74 Å². The van der Waals surface area contributed by atoms with Gasteiger partial charge in [0.15, 0.2) is 5.84 Å². The maximum Gasteiger partial charge on any atom is 0.303 e. The molecule has 3 aliphatic rings. The molecule has 1 aromatic rings. The maximum absolute atomic E-state index is 12.9. The molecule has 1 fully saturated rings. The van der Waals surface area contributed by atoms with Crippen LogP contribution in [0.1, 0.15) is 31.7 Å². The van der Waals surface area contributed by atoms with Gasteiger partial charge in [0.1, 0.15) is 5.75 Å². The third kappa shape index (κ3) is 3.27. The van der Waals surface area contributed by atoms with Gasteiger partial charge in [0.25, 0.3) is 0 Å². The first-order valence-electron chi connectivity index (χ1n) is 8.99. The molecule has 4 rings (SSSR count). The third-order valence-electron chi connectivity index (χ3n) is 4.47. The quantitative estimate of drug-likeness (QED) is 0.719. The van der Waals surface area contributed by atoms with Gasteiger partial charge in [-0.25, -0.2) is 13.4 Å². The number of amides is 1. The lowest BCUT2D eigenvalue weighted by Gasteiger charge is -2.18. The van der Waals surface area contributed by atoms with Crippen LogP contribution >= 0.6 is 0 Å². The second-order valence-electron chi connectivity index (χ2n) is 6.43. The second kappa shape index (κ2) is 7.32. The Hall–Kier alpha value is -2.79. The van der Waals surface area contributed by atoms with Crippen molar-refractivity contribution in [3.63, 3.8) is 0 Å². The van der Waals surface area contributed by atoms with Crippen LogP contribution in [0.2, 0.25) is 0 Å². The zero-order chi connectivity index (χ0) is 19.7. The highest BCUT2D eigenvalue weighted by Gasteiger charge is 2.31. The Morgan fingerprint density at radius 3 is 2.68 bits per heavy atom. The van der Waals surface area contributed by atoms with Crippen LogP contribution in [0.25, 0.3) is 0 Å². The summed E-state index contributed by atoms with van der Waals surface area (Å²) in [6.07, 6.45) is 2.44. The monoisotopic (exact) mass is 402 g/mol. The van der Waals surface area contributed by atoms with Crippen LogP contribution < -0.4 is 4.74 Å². The van der Waals surface area contributed by atoms with Gasteiger partial charge in [0, 0.05) is 13.1 Å². The van der Waals surface area contributed by atoms with E-state index >= 15 is 0 Å². The molecule has 0 aromatic heterocycles. The summed E-state index contributed by atoms with van der Waals surface area (Å²) in [6.45, 7) is 3.37. The lowest BCUT2D eigenvalue weighted by molar-refractivity contribution is -0.111. The molecule has 1 aromatic carbocycles. The summed E-state index contributed by atoms with van der Waals surface area (Å²) in [5.74, 6) is -0.138. The van der Waals surface area contributed by atoms with Crippen molar-refractivity contribution in [1.29, 1.82) is 0 Å². The number of amidine groups is 2. The van der Waals surface area contributed by atoms with E-state index < -0.39 is 15.9 Å². The second-order valence-corrected chi connectivity index (χ2v) is 8.37. The molecule has 3 aliphatic heterocycles. The summed E-state index contributed by atoms with van der Waals surface area (Å²) in [6, 6.07) is 4.52. The predicted molar refractivity (Wildman–Crippen MR) is 101 cm³/mol. The van der Waals surface area contributed by atoms with Crippen molar-refractivity contribution in [3.05, 3.63) is 23.8 Å². The molecular weight excluding hydrogens is 384 g/mol. The van der Waals surface area contributed by atoms with Gasteiger partial charge in [-0.15, -0.1) is 10.2 Å². The molecule has 11 heteroatoms. The number of nitrogens with zero attached hydrogens (tertiary/aromatic N) is 6. The molecule has 0 bridgehead atoms. The molecule has 0 saturated carbocycles. The van der Waals surface area contributed by atoms with E-state index in [-0.39, 0.29) is 22.3 Å². The van der Waals surface area contributed by atoms with Crippen LogP contribution in [0.15, 0.2) is 48.5 Å². The van der Waals surface area contributed by atoms with Gasteiger partial charge in [-0.2, -0.15) is 9.30 Å². The smallest absolute Gasteiger partial charge is 0.303 e. The first-order valence-corrected chi connectivity index (χ1v) is 10.4. The van der Waals surface area contributed by atoms with Crippen LogP contribution in [-0.4, -0.2) is 55.7 Å². The lowest BCUT2D eigenvalue weighted by Crippen LogP contribution is -2.28. The molecular formula is C17H18N6O4S. The minimum atomic E-state index is -3.64. The summed E-state index contributed by atoms with van der Waals surface area (Å²) in [5.41, 5.74) is 0.288. The van der Waals surface area contributed by atoms with Crippen molar-refractivity contribution in [3.8, 4) is 5.75 Å². The van der Waals surface area contributed by atoms with E-state index in [1.165, 1.54) is 16.4 Å². The van der Waals surface area contributed by atoms with Crippen molar-refractivity contribution in [2.45, 2.75) is 31.1 Å². The van der Waals surface area contributed by atoms with E-state index in [0.717, 1.165) is 19.3 Å². The molecule has 1 amide bonds. The number of sulfonamides is 1. The number of aliphatic imine (C=N–C) groups is 2. The van der Waals surface area contributed by atoms with Crippen LogP contribution in [0.4, 0.5) is 0 Å². The largest absolute Gasteiger partial charge is 0.493 e. The Bertz CT molecular complexity index is 1050. The van der Waals surface area contributed by atoms with E-state index in [1.54, 1.807) is 6.07 Å². The molecule has 0 N–H and O–H groups in total. The van der Waals surface area contributed by atoms with E-state index in [2.05, 4.69) is 25.4 Å². The van der Waals surface area contributed by atoms with Crippen LogP contribution in [0.5, 0.6) is 5.75 Å². The van der Waals surface area contributed by atoms with Crippen LogP contribution in [0.3, 0.4) is 0 Å². The van der Waals surface area contributed by atoms with Crippen LogP contribution in [0, 0.1) is 0 Å². The number of rotatable bonds is 6. The molecule has 0 unspecified atom stereocenters. The molecule has 28 heavy (non-hydrogen) atoms. The van der Waals surface area contributed by atoms with Gasteiger partial charge >= 0.3 is 5.91 Å². The normalized spacial score (nSPS) is 19.3. The summed E-state index contributed by atoms with van der Waals surface area (Å²) >= 11 is 0. The fourth-order valence-corrected chi connectivity index (χ4v) is 4.61. The lowest BCUT2D eigenvalue weighted by atomic mass is 10.1. The van der Waals surface area contributed by atoms with E-state index in [0.29, 0.717) is 31.0 Å². The standard InChI is InChI=1S/C17H18N6O4S/c1-2-9-27-13-6-5-11(28(25,26)23-7-3-4-8-23)10-12(13)15-18-16-14(17(24)19-15)20-22-21-16/h5-6,10H,2-4,7-9H2,1H3. The first-order chi connectivity index (χ1) is 13.5. The Labute approximate surface area is 161 Å². The van der Waals surface area contributed by atoms with Gasteiger partial charge in [-0.1, -0.05) is 6.92 Å². The molecule has 0 atom stereocenters. The molecule has 1 saturated heterocycles. The summed E-state index contributed by atoms with van der Waals surface area (Å²) in [4.78, 5) is 20.5. The minimum Gasteiger partial charge on any atom is -0.493 e. The third-order valence-corrected chi connectivity index (χ3v) is 6.37. The number of ether oxygens (including phenoxy) is 1. The zero-order valence-electron chi connectivity index (χ0n) is 15.2. The van der Waals surface area contributed by atoms with Crippen LogP contribution in [-0.2, 0) is 14.8 Å². The average Bonchev–Trinajstić information content (AvgIpc) is 3.38. The van der Waals surface area contributed by atoms with E-state index in [1.807, 2.05) is 6.92 Å². The number of benzene rings is 1. The number of hydrogen-bond acceptors (Lipinski definition) is 8. The molecule has 10 nitrogen and oxygen atoms in total. The summed E-state index contributed by atoms with van der Waals surface area (Å²) < 4.78 is 33.0. The highest BCUT2D eigenvalue weighted by Crippen LogP contribution is 2.28. The number of fused-ring (bicyclic) bond motifs is 1. The molecule has 0 spiro atoms. The average molecular weight is 402 g/mol. The van der Waals surface area contributed by atoms with E-state index in [9.17, 15) is 13.2 Å². The number of hydrogen-bond donors (Lipinski definition) is 0. The van der Waals surface area contributed by atoms with Crippen molar-refractivity contribution in [1.82, 2.24) is 4.31 Å². The first kappa shape index (κ1) is 18.6. The van der Waals surface area contributed by atoms with Crippen molar-refractivity contribution >= 4 is 33.3 Å². The van der Waals surface area contributed by atoms with Gasteiger partial charge in [0.05, 0.1) is 17.1 Å². The molecule has 3 heterocycles. The van der Waals surface area contributed by atoms with Crippen molar-refractivity contribution in [2.24, 2.45) is 25.4 Å². The van der Waals surface area contributed by atoms with Crippen molar-refractivity contribution < 1.29 is 17.9 Å². The Morgan fingerprint density at radius 1 is 1.14 bits per heavy atom. The number of carbonyl (C=O) groups excluding carboxylic acids is 1. The SMILES string of the molecule is CCCOc1ccc(S(=O)(=O)N2CCCC2)cc1C1=NC(=O)C2=NN=NC2=N1. The fraction of sp³-hybridized carbons (Fsp3) is 0.412. The van der Waals surface area contributed by atoms with E-state index in [4.69, 9.17) is 4.74 Å². The summed E-state index contributed by atoms with van der Waals surface area (Å²) in [5, 5.41) is 10.8. The highest BCUT2D eigenvalue weighted by atomic mass is 32.2. The van der Waals surface area contributed by atoms with Gasteiger partial charge in [-0.05, 0) is 42.7 Å². The molecule has 146 valence electrons. The van der Waals surface area contributed by atoms with Gasteiger partial charge in [0.2, 0.25) is 21.6 Å². The highest BCUT2D eigenvalue weighted by molar-refractivity contribution is 7.89. The maximum atomic E-state index is 12.9. The van der Waals surface area contributed by atoms with Crippen molar-refractivity contribution in [2.75, 3.05) is 19.7 Å². The molecule has 0 aliphatic carbocycles. The Morgan fingerprint density at radius 2 is 1.93 bits per heavy atom. The molecule has 0 radical (unpaired) electrons. The van der Waals surface area contributed by atoms with Gasteiger partial charge in [-0.3, -0.25) is 4.79 Å². The Balaban J connectivity index is 1.79. The zero-order valence-corrected chi connectivity index (χ0v) is 16.0. The Kier molecular flexibility index (Phi) is 4.85.